The van der Waals surface area contributed by atoms with Gasteiger partial charge in [0.2, 0.25) is 5.88 Å². The molecule has 7 nitrogen and oxygen atoms in total. The van der Waals surface area contributed by atoms with E-state index >= 15 is 0 Å². The minimum absolute atomic E-state index is 0.132. The highest BCUT2D eigenvalue weighted by Gasteiger charge is 2.18. The SMILES string of the molecule is CCOCCOc1ccc(Nc2ncnc(OC3CCNCC3)c2C)c(F)c1. The van der Waals surface area contributed by atoms with E-state index < -0.39 is 5.82 Å². The third-order valence-electron chi connectivity index (χ3n) is 4.50. The summed E-state index contributed by atoms with van der Waals surface area (Å²) < 4.78 is 31.2. The summed E-state index contributed by atoms with van der Waals surface area (Å²) in [6.07, 6.45) is 3.43. The van der Waals surface area contributed by atoms with E-state index in [-0.39, 0.29) is 6.10 Å². The number of rotatable bonds is 9. The molecule has 0 atom stereocenters. The van der Waals surface area contributed by atoms with Crippen molar-refractivity contribution in [3.05, 3.63) is 35.9 Å². The van der Waals surface area contributed by atoms with Gasteiger partial charge in [-0.1, -0.05) is 0 Å². The number of hydrogen-bond donors (Lipinski definition) is 2. The Balaban J connectivity index is 1.65. The molecule has 1 fully saturated rings. The van der Waals surface area contributed by atoms with Crippen LogP contribution in [0.3, 0.4) is 0 Å². The Morgan fingerprint density at radius 3 is 2.79 bits per heavy atom. The van der Waals surface area contributed by atoms with Gasteiger partial charge in [-0.05, 0) is 51.9 Å². The second-order valence-electron chi connectivity index (χ2n) is 6.53. The maximum Gasteiger partial charge on any atom is 0.221 e. The van der Waals surface area contributed by atoms with Crippen molar-refractivity contribution in [2.24, 2.45) is 0 Å². The first-order chi connectivity index (χ1) is 13.7. The second kappa shape index (κ2) is 10.2. The predicted molar refractivity (Wildman–Crippen MR) is 105 cm³/mol. The van der Waals surface area contributed by atoms with Gasteiger partial charge in [-0.3, -0.25) is 0 Å². The van der Waals surface area contributed by atoms with Gasteiger partial charge in [-0.15, -0.1) is 0 Å². The van der Waals surface area contributed by atoms with E-state index in [4.69, 9.17) is 14.2 Å². The van der Waals surface area contributed by atoms with Crippen molar-refractivity contribution in [1.29, 1.82) is 0 Å². The van der Waals surface area contributed by atoms with Crippen molar-refractivity contribution in [2.45, 2.75) is 32.8 Å². The van der Waals surface area contributed by atoms with Crippen LogP contribution in [0.4, 0.5) is 15.9 Å². The van der Waals surface area contributed by atoms with Crippen molar-refractivity contribution >= 4 is 11.5 Å². The highest BCUT2D eigenvalue weighted by molar-refractivity contribution is 5.62. The molecule has 0 amide bonds. The Labute approximate surface area is 164 Å². The first kappa shape index (κ1) is 20.3. The number of anilines is 2. The molecule has 0 aliphatic carbocycles. The maximum absolute atomic E-state index is 14.5. The van der Waals surface area contributed by atoms with Crippen LogP contribution >= 0.6 is 0 Å². The molecule has 0 saturated carbocycles. The van der Waals surface area contributed by atoms with Gasteiger partial charge in [0, 0.05) is 12.7 Å². The average Bonchev–Trinajstić information content (AvgIpc) is 2.71. The normalized spacial score (nSPS) is 14.7. The van der Waals surface area contributed by atoms with Gasteiger partial charge in [-0.25, -0.2) is 14.4 Å². The fourth-order valence-corrected chi connectivity index (χ4v) is 2.93. The lowest BCUT2D eigenvalue weighted by molar-refractivity contribution is 0.110. The smallest absolute Gasteiger partial charge is 0.221 e. The summed E-state index contributed by atoms with van der Waals surface area (Å²) in [6, 6.07) is 4.68. The molecule has 8 heteroatoms. The zero-order valence-electron chi connectivity index (χ0n) is 16.3. The number of aromatic nitrogens is 2. The molecule has 3 rings (SSSR count). The van der Waals surface area contributed by atoms with Gasteiger partial charge in [-0.2, -0.15) is 0 Å². The van der Waals surface area contributed by atoms with Crippen molar-refractivity contribution in [3.63, 3.8) is 0 Å². The van der Waals surface area contributed by atoms with Crippen molar-refractivity contribution in [1.82, 2.24) is 15.3 Å². The van der Waals surface area contributed by atoms with Crippen LogP contribution in [0.25, 0.3) is 0 Å². The summed E-state index contributed by atoms with van der Waals surface area (Å²) in [5, 5.41) is 6.33. The van der Waals surface area contributed by atoms with Crippen LogP contribution in [0.5, 0.6) is 11.6 Å². The number of hydrogen-bond acceptors (Lipinski definition) is 7. The van der Waals surface area contributed by atoms with Crippen LogP contribution in [0.1, 0.15) is 25.3 Å². The molecule has 1 aliphatic rings. The summed E-state index contributed by atoms with van der Waals surface area (Å²) in [6.45, 7) is 7.12. The summed E-state index contributed by atoms with van der Waals surface area (Å²) in [4.78, 5) is 8.47. The molecule has 1 saturated heterocycles. The van der Waals surface area contributed by atoms with Crippen LogP contribution in [0.15, 0.2) is 24.5 Å². The van der Waals surface area contributed by atoms with Gasteiger partial charge >= 0.3 is 0 Å². The third kappa shape index (κ3) is 5.53. The Morgan fingerprint density at radius 1 is 1.21 bits per heavy atom. The number of piperidine rings is 1. The molecule has 152 valence electrons. The molecule has 0 spiro atoms. The largest absolute Gasteiger partial charge is 0.491 e. The minimum atomic E-state index is -0.423. The molecular formula is C20H27FN4O3. The molecule has 0 radical (unpaired) electrons. The summed E-state index contributed by atoms with van der Waals surface area (Å²) in [7, 11) is 0. The topological polar surface area (TPSA) is 77.5 Å². The second-order valence-corrected chi connectivity index (χ2v) is 6.53. The molecule has 1 aromatic heterocycles. The number of nitrogens with zero attached hydrogens (tertiary/aromatic N) is 2. The molecule has 1 aliphatic heterocycles. The molecule has 1 aromatic carbocycles. The van der Waals surface area contributed by atoms with Crippen LogP contribution in [0.2, 0.25) is 0 Å². The number of halogens is 1. The van der Waals surface area contributed by atoms with Gasteiger partial charge in [0.25, 0.3) is 0 Å². The Hall–Kier alpha value is -2.45. The molecule has 2 heterocycles. The fraction of sp³-hybridized carbons (Fsp3) is 0.500. The van der Waals surface area contributed by atoms with E-state index in [2.05, 4.69) is 20.6 Å². The molecule has 2 N–H and O–H groups in total. The molecule has 2 aromatic rings. The van der Waals surface area contributed by atoms with Crippen molar-refractivity contribution < 1.29 is 18.6 Å². The highest BCUT2D eigenvalue weighted by atomic mass is 19.1. The summed E-state index contributed by atoms with van der Waals surface area (Å²) >= 11 is 0. The first-order valence-electron chi connectivity index (χ1n) is 9.63. The molecule has 0 bridgehead atoms. The van der Waals surface area contributed by atoms with Crippen molar-refractivity contribution in [2.75, 3.05) is 38.2 Å². The van der Waals surface area contributed by atoms with Crippen LogP contribution in [0, 0.1) is 12.7 Å². The quantitative estimate of drug-likeness (QED) is 0.637. The Morgan fingerprint density at radius 2 is 2.04 bits per heavy atom. The van der Waals surface area contributed by atoms with Gasteiger partial charge < -0.3 is 24.8 Å². The number of benzene rings is 1. The van der Waals surface area contributed by atoms with Crippen molar-refractivity contribution in [3.8, 4) is 11.6 Å². The summed E-state index contributed by atoms with van der Waals surface area (Å²) in [5.41, 5.74) is 1.06. The lowest BCUT2D eigenvalue weighted by Crippen LogP contribution is -2.34. The molecule has 28 heavy (non-hydrogen) atoms. The highest BCUT2D eigenvalue weighted by Crippen LogP contribution is 2.28. The zero-order chi connectivity index (χ0) is 19.8. The molecule has 0 unspecified atom stereocenters. The number of nitrogens with one attached hydrogen (secondary N) is 2. The zero-order valence-corrected chi connectivity index (χ0v) is 16.3. The molecular weight excluding hydrogens is 363 g/mol. The third-order valence-corrected chi connectivity index (χ3v) is 4.50. The monoisotopic (exact) mass is 390 g/mol. The maximum atomic E-state index is 14.5. The number of ether oxygens (including phenoxy) is 3. The van der Waals surface area contributed by atoms with Gasteiger partial charge in [0.05, 0.1) is 17.9 Å². The fourth-order valence-electron chi connectivity index (χ4n) is 2.93. The average molecular weight is 390 g/mol. The first-order valence-corrected chi connectivity index (χ1v) is 9.63. The van der Waals surface area contributed by atoms with E-state index in [1.54, 1.807) is 12.1 Å². The van der Waals surface area contributed by atoms with Crippen LogP contribution in [-0.4, -0.2) is 49.0 Å². The minimum Gasteiger partial charge on any atom is -0.491 e. The lowest BCUT2D eigenvalue weighted by Gasteiger charge is -2.24. The van der Waals surface area contributed by atoms with E-state index in [9.17, 15) is 4.39 Å². The Bertz CT molecular complexity index is 769. The van der Waals surface area contributed by atoms with E-state index in [0.29, 0.717) is 43.0 Å². The van der Waals surface area contributed by atoms with Crippen LogP contribution in [-0.2, 0) is 4.74 Å². The predicted octanol–water partition coefficient (Wildman–Crippen LogP) is 3.21. The Kier molecular flexibility index (Phi) is 7.39. The van der Waals surface area contributed by atoms with E-state index in [1.807, 2.05) is 13.8 Å². The summed E-state index contributed by atoms with van der Waals surface area (Å²) in [5.74, 6) is 1.08. The standard InChI is InChI=1S/C20H27FN4O3/c1-3-26-10-11-27-16-4-5-18(17(21)12-16)25-19-14(2)20(24-13-23-19)28-15-6-8-22-9-7-15/h4-5,12-13,15,22H,3,6-11H2,1-2H3,(H,23,24,25). The lowest BCUT2D eigenvalue weighted by atomic mass is 10.1. The van der Waals surface area contributed by atoms with E-state index in [0.717, 1.165) is 31.5 Å². The van der Waals surface area contributed by atoms with Gasteiger partial charge in [0.1, 0.15) is 36.4 Å². The van der Waals surface area contributed by atoms with Gasteiger partial charge in [0.15, 0.2) is 0 Å². The van der Waals surface area contributed by atoms with E-state index in [1.165, 1.54) is 12.4 Å². The van der Waals surface area contributed by atoms with Crippen LogP contribution < -0.4 is 20.1 Å².